The molecule has 0 aromatic heterocycles. The van der Waals surface area contributed by atoms with Gasteiger partial charge in [-0.15, -0.1) is 0 Å². The molecule has 1 aliphatic rings. The Labute approximate surface area is 154 Å². The fourth-order valence-electron chi connectivity index (χ4n) is 2.79. The number of hydrogen-bond acceptors (Lipinski definition) is 2. The number of aliphatic carboxylic acids is 1. The summed E-state index contributed by atoms with van der Waals surface area (Å²) >= 11 is 0. The molecular weight excluding hydrogens is 345 g/mol. The highest BCUT2D eigenvalue weighted by atomic mass is 19.4. The predicted octanol–water partition coefficient (Wildman–Crippen LogP) is 6.56. The van der Waals surface area contributed by atoms with Gasteiger partial charge in [-0.25, -0.2) is 0 Å². The lowest BCUT2D eigenvalue weighted by molar-refractivity contribution is -0.137. The van der Waals surface area contributed by atoms with Crippen LogP contribution >= 0.6 is 0 Å². The third-order valence-electron chi connectivity index (χ3n) is 3.91. The average molecular weight is 376 g/mol. The van der Waals surface area contributed by atoms with Gasteiger partial charge in [0.15, 0.2) is 0 Å². The molecule has 3 nitrogen and oxygen atoms in total. The molecule has 1 aromatic rings. The van der Waals surface area contributed by atoms with Gasteiger partial charge in [0.05, 0.1) is 12.2 Å². The van der Waals surface area contributed by atoms with E-state index < -0.39 is 17.7 Å². The van der Waals surface area contributed by atoms with Crippen molar-refractivity contribution in [2.24, 2.45) is 5.92 Å². The van der Waals surface area contributed by atoms with E-state index in [1.807, 2.05) is 13.8 Å². The molecular formula is C20H31F3O3. The van der Waals surface area contributed by atoms with Gasteiger partial charge in [0.2, 0.25) is 0 Å². The first-order chi connectivity index (χ1) is 12.3. The SMILES string of the molecule is CC.CC(=O)O.FC(F)(F)c1cccc(OCCCCC2CCCC2)c1. The largest absolute Gasteiger partial charge is 0.494 e. The number of benzene rings is 1. The highest BCUT2D eigenvalue weighted by Crippen LogP contribution is 2.31. The van der Waals surface area contributed by atoms with Crippen LogP contribution in [0.2, 0.25) is 0 Å². The number of unbranched alkanes of at least 4 members (excludes halogenated alkanes) is 1. The number of hydrogen-bond donors (Lipinski definition) is 1. The maximum Gasteiger partial charge on any atom is 0.416 e. The Bertz CT molecular complexity index is 491. The Balaban J connectivity index is 0.000000920. The van der Waals surface area contributed by atoms with Crippen LogP contribution in [0, 0.1) is 5.92 Å². The molecule has 26 heavy (non-hydrogen) atoms. The monoisotopic (exact) mass is 376 g/mol. The van der Waals surface area contributed by atoms with Crippen LogP contribution in [0.15, 0.2) is 24.3 Å². The van der Waals surface area contributed by atoms with Crippen LogP contribution in [-0.2, 0) is 11.0 Å². The molecule has 0 heterocycles. The van der Waals surface area contributed by atoms with E-state index in [9.17, 15) is 13.2 Å². The summed E-state index contributed by atoms with van der Waals surface area (Å²) in [5.41, 5.74) is -0.652. The summed E-state index contributed by atoms with van der Waals surface area (Å²) in [6, 6.07) is 5.09. The maximum atomic E-state index is 12.5. The average Bonchev–Trinajstić information content (AvgIpc) is 3.09. The van der Waals surface area contributed by atoms with E-state index in [0.717, 1.165) is 37.8 Å². The molecule has 1 aliphatic carbocycles. The van der Waals surface area contributed by atoms with Crippen LogP contribution in [0.25, 0.3) is 0 Å². The summed E-state index contributed by atoms with van der Waals surface area (Å²) in [5.74, 6) is 0.337. The molecule has 1 N–H and O–H groups in total. The topological polar surface area (TPSA) is 46.5 Å². The second-order valence-corrected chi connectivity index (χ2v) is 6.04. The smallest absolute Gasteiger partial charge is 0.416 e. The quantitative estimate of drug-likeness (QED) is 0.572. The Morgan fingerprint density at radius 1 is 1.19 bits per heavy atom. The fourth-order valence-corrected chi connectivity index (χ4v) is 2.79. The Morgan fingerprint density at radius 2 is 1.77 bits per heavy atom. The van der Waals surface area contributed by atoms with Gasteiger partial charge >= 0.3 is 6.18 Å². The predicted molar refractivity (Wildman–Crippen MR) is 97.4 cm³/mol. The molecule has 2 rings (SSSR count). The van der Waals surface area contributed by atoms with Crippen LogP contribution in [0.5, 0.6) is 5.75 Å². The highest BCUT2D eigenvalue weighted by molar-refractivity contribution is 5.62. The zero-order valence-corrected chi connectivity index (χ0v) is 15.9. The molecule has 0 unspecified atom stereocenters. The zero-order chi connectivity index (χ0) is 20.0. The Hall–Kier alpha value is -1.72. The van der Waals surface area contributed by atoms with Crippen molar-refractivity contribution in [2.45, 2.75) is 71.9 Å². The summed E-state index contributed by atoms with van der Waals surface area (Å²) in [6.07, 6.45) is 4.32. The summed E-state index contributed by atoms with van der Waals surface area (Å²) in [6.45, 7) is 5.58. The number of rotatable bonds is 6. The van der Waals surface area contributed by atoms with E-state index in [-0.39, 0.29) is 0 Å². The summed E-state index contributed by atoms with van der Waals surface area (Å²) in [4.78, 5) is 9.00. The number of carboxylic acid groups (broad SMARTS) is 1. The van der Waals surface area contributed by atoms with Crippen molar-refractivity contribution in [2.75, 3.05) is 6.61 Å². The van der Waals surface area contributed by atoms with Crippen LogP contribution < -0.4 is 4.74 Å². The number of ether oxygens (including phenoxy) is 1. The van der Waals surface area contributed by atoms with Gasteiger partial charge in [-0.3, -0.25) is 4.79 Å². The molecule has 1 fully saturated rings. The van der Waals surface area contributed by atoms with E-state index in [1.54, 1.807) is 6.07 Å². The summed E-state index contributed by atoms with van der Waals surface area (Å²) in [7, 11) is 0. The standard InChI is InChI=1S/C16H21F3O.C2H4O2.C2H6/c17-16(18,19)14-9-5-10-15(12-14)20-11-4-3-8-13-6-1-2-7-13;1-2(3)4;1-2/h5,9-10,12-13H,1-4,6-8,11H2;1H3,(H,3,4);1-2H3. The van der Waals surface area contributed by atoms with Gasteiger partial charge in [-0.05, 0) is 37.0 Å². The number of alkyl halides is 3. The van der Waals surface area contributed by atoms with Gasteiger partial charge in [0, 0.05) is 6.92 Å². The van der Waals surface area contributed by atoms with Crippen molar-refractivity contribution in [3.8, 4) is 5.75 Å². The van der Waals surface area contributed by atoms with Gasteiger partial charge < -0.3 is 9.84 Å². The van der Waals surface area contributed by atoms with Crippen molar-refractivity contribution in [3.05, 3.63) is 29.8 Å². The number of halogens is 3. The fraction of sp³-hybridized carbons (Fsp3) is 0.650. The normalized spacial score (nSPS) is 13.9. The van der Waals surface area contributed by atoms with Crippen LogP contribution in [-0.4, -0.2) is 17.7 Å². The lowest BCUT2D eigenvalue weighted by Gasteiger charge is -2.11. The van der Waals surface area contributed by atoms with E-state index >= 15 is 0 Å². The molecule has 0 saturated heterocycles. The van der Waals surface area contributed by atoms with Gasteiger partial charge in [-0.1, -0.05) is 52.0 Å². The van der Waals surface area contributed by atoms with Gasteiger partial charge in [0.1, 0.15) is 5.75 Å². The van der Waals surface area contributed by atoms with Crippen molar-refractivity contribution >= 4 is 5.97 Å². The van der Waals surface area contributed by atoms with Crippen molar-refractivity contribution in [3.63, 3.8) is 0 Å². The maximum absolute atomic E-state index is 12.5. The lowest BCUT2D eigenvalue weighted by Crippen LogP contribution is -2.05. The summed E-state index contributed by atoms with van der Waals surface area (Å²) < 4.78 is 43.0. The van der Waals surface area contributed by atoms with Crippen molar-refractivity contribution < 1.29 is 27.8 Å². The summed E-state index contributed by atoms with van der Waals surface area (Å²) in [5, 5.41) is 7.42. The van der Waals surface area contributed by atoms with Crippen LogP contribution in [0.3, 0.4) is 0 Å². The number of carbonyl (C=O) groups is 1. The molecule has 0 aliphatic heterocycles. The first-order valence-electron chi connectivity index (χ1n) is 9.28. The minimum absolute atomic E-state index is 0.306. The molecule has 0 radical (unpaired) electrons. The second-order valence-electron chi connectivity index (χ2n) is 6.04. The molecule has 1 saturated carbocycles. The molecule has 0 spiro atoms. The Kier molecular flexibility index (Phi) is 12.6. The molecule has 0 amide bonds. The third-order valence-corrected chi connectivity index (χ3v) is 3.91. The van der Waals surface area contributed by atoms with Crippen molar-refractivity contribution in [1.29, 1.82) is 0 Å². The third kappa shape index (κ3) is 11.8. The van der Waals surface area contributed by atoms with Gasteiger partial charge in [0.25, 0.3) is 5.97 Å². The van der Waals surface area contributed by atoms with Crippen LogP contribution in [0.4, 0.5) is 13.2 Å². The lowest BCUT2D eigenvalue weighted by atomic mass is 10.0. The molecule has 0 atom stereocenters. The first-order valence-corrected chi connectivity index (χ1v) is 9.28. The molecule has 6 heteroatoms. The molecule has 0 bridgehead atoms. The molecule has 150 valence electrons. The highest BCUT2D eigenvalue weighted by Gasteiger charge is 2.30. The second kappa shape index (κ2) is 13.5. The van der Waals surface area contributed by atoms with Crippen molar-refractivity contribution in [1.82, 2.24) is 0 Å². The number of carboxylic acids is 1. The minimum Gasteiger partial charge on any atom is -0.494 e. The van der Waals surface area contributed by atoms with E-state index in [2.05, 4.69) is 0 Å². The van der Waals surface area contributed by atoms with E-state index in [1.165, 1.54) is 38.2 Å². The zero-order valence-electron chi connectivity index (χ0n) is 15.9. The van der Waals surface area contributed by atoms with E-state index in [4.69, 9.17) is 14.6 Å². The van der Waals surface area contributed by atoms with Gasteiger partial charge in [-0.2, -0.15) is 13.2 Å². The minimum atomic E-state index is -4.30. The van der Waals surface area contributed by atoms with E-state index in [0.29, 0.717) is 12.4 Å². The molecule has 1 aromatic carbocycles. The first kappa shape index (κ1) is 24.3. The van der Waals surface area contributed by atoms with Crippen LogP contribution in [0.1, 0.15) is 71.3 Å². The Morgan fingerprint density at radius 3 is 2.31 bits per heavy atom.